The lowest BCUT2D eigenvalue weighted by Gasteiger charge is -2.30. The third kappa shape index (κ3) is 3.06. The van der Waals surface area contributed by atoms with Crippen LogP contribution in [0.5, 0.6) is 5.88 Å². The molecule has 2 atom stereocenters. The largest absolute Gasteiger partial charge is 0.481 e. The molecule has 1 spiro atoms. The van der Waals surface area contributed by atoms with Gasteiger partial charge in [0.25, 0.3) is 0 Å². The van der Waals surface area contributed by atoms with Gasteiger partial charge in [-0.3, -0.25) is 4.98 Å². The summed E-state index contributed by atoms with van der Waals surface area (Å²) in [6, 6.07) is 5.21. The summed E-state index contributed by atoms with van der Waals surface area (Å²) in [6.07, 6.45) is 1.93. The van der Waals surface area contributed by atoms with Gasteiger partial charge in [0.05, 0.1) is 43.9 Å². The molecule has 4 heterocycles. The van der Waals surface area contributed by atoms with Gasteiger partial charge >= 0.3 is 6.09 Å². The summed E-state index contributed by atoms with van der Waals surface area (Å²) < 4.78 is 16.2. The van der Waals surface area contributed by atoms with Crippen molar-refractivity contribution >= 4 is 17.1 Å². The van der Waals surface area contributed by atoms with Gasteiger partial charge in [0.1, 0.15) is 0 Å². The summed E-state index contributed by atoms with van der Waals surface area (Å²) in [7, 11) is 1.53. The number of carbonyl (C=O) groups excluding carboxylic acids is 1. The fraction of sp³-hybridized carbons (Fsp3) is 0.500. The fourth-order valence-electron chi connectivity index (χ4n) is 3.58. The fourth-order valence-corrected chi connectivity index (χ4v) is 3.58. The number of amides is 1. The van der Waals surface area contributed by atoms with Crippen LogP contribution < -0.4 is 4.74 Å². The minimum atomic E-state index is -0.910. The van der Waals surface area contributed by atoms with E-state index >= 15 is 0 Å². The monoisotopic (exact) mass is 359 g/mol. The number of aromatic nitrogens is 2. The van der Waals surface area contributed by atoms with Crippen LogP contribution in [0.1, 0.15) is 24.5 Å². The van der Waals surface area contributed by atoms with Gasteiger partial charge in [-0.15, -0.1) is 0 Å². The predicted molar refractivity (Wildman–Crippen MR) is 91.9 cm³/mol. The van der Waals surface area contributed by atoms with E-state index in [9.17, 15) is 9.90 Å². The van der Waals surface area contributed by atoms with Crippen molar-refractivity contribution in [3.8, 4) is 5.88 Å². The van der Waals surface area contributed by atoms with E-state index in [1.54, 1.807) is 24.4 Å². The van der Waals surface area contributed by atoms with Crippen LogP contribution in [0.3, 0.4) is 0 Å². The number of aliphatic hydroxyl groups is 1. The van der Waals surface area contributed by atoms with Gasteiger partial charge in [0, 0.05) is 24.4 Å². The van der Waals surface area contributed by atoms with Crippen molar-refractivity contribution in [2.75, 3.05) is 33.4 Å². The lowest BCUT2D eigenvalue weighted by atomic mass is 9.96. The van der Waals surface area contributed by atoms with Crippen LogP contribution in [0.15, 0.2) is 24.4 Å². The zero-order valence-electron chi connectivity index (χ0n) is 14.6. The Hall–Kier alpha value is -2.45. The van der Waals surface area contributed by atoms with Gasteiger partial charge in [0.2, 0.25) is 5.88 Å². The molecule has 4 rings (SSSR count). The molecule has 138 valence electrons. The summed E-state index contributed by atoms with van der Waals surface area (Å²) >= 11 is 0. The van der Waals surface area contributed by atoms with Crippen LogP contribution in [0, 0.1) is 0 Å². The Labute approximate surface area is 150 Å². The lowest BCUT2D eigenvalue weighted by Crippen LogP contribution is -2.43. The van der Waals surface area contributed by atoms with E-state index in [4.69, 9.17) is 14.2 Å². The minimum absolute atomic E-state index is 0.124. The van der Waals surface area contributed by atoms with Crippen molar-refractivity contribution in [3.05, 3.63) is 30.0 Å². The van der Waals surface area contributed by atoms with Crippen LogP contribution in [-0.2, 0) is 9.47 Å². The van der Waals surface area contributed by atoms with Crippen molar-refractivity contribution < 1.29 is 24.1 Å². The number of pyridine rings is 2. The Bertz CT molecular complexity index is 822. The molecule has 2 saturated heterocycles. The van der Waals surface area contributed by atoms with Crippen molar-refractivity contribution in [3.63, 3.8) is 0 Å². The first-order valence-corrected chi connectivity index (χ1v) is 8.64. The second-order valence-corrected chi connectivity index (χ2v) is 6.72. The molecule has 0 aliphatic carbocycles. The molecule has 0 saturated carbocycles. The summed E-state index contributed by atoms with van der Waals surface area (Å²) in [4.78, 5) is 22.5. The normalized spacial score (nSPS) is 24.1. The van der Waals surface area contributed by atoms with Crippen LogP contribution in [0.2, 0.25) is 0 Å². The highest BCUT2D eigenvalue weighted by Crippen LogP contribution is 2.32. The third-order valence-electron chi connectivity index (χ3n) is 4.88. The molecule has 1 amide bonds. The molecule has 0 radical (unpaired) electrons. The predicted octanol–water partition coefficient (Wildman–Crippen LogP) is 1.67. The average molecular weight is 359 g/mol. The molecule has 0 aromatic carbocycles. The number of carbonyl (C=O) groups is 1. The van der Waals surface area contributed by atoms with Crippen molar-refractivity contribution in [1.29, 1.82) is 0 Å². The highest BCUT2D eigenvalue weighted by molar-refractivity contribution is 5.78. The zero-order valence-corrected chi connectivity index (χ0v) is 14.6. The van der Waals surface area contributed by atoms with E-state index in [-0.39, 0.29) is 6.54 Å². The third-order valence-corrected chi connectivity index (χ3v) is 4.88. The molecule has 1 unspecified atom stereocenters. The van der Waals surface area contributed by atoms with E-state index in [1.807, 2.05) is 0 Å². The summed E-state index contributed by atoms with van der Waals surface area (Å²) in [5, 5.41) is 10.8. The van der Waals surface area contributed by atoms with E-state index in [0.29, 0.717) is 42.2 Å². The second kappa shape index (κ2) is 6.69. The molecule has 0 bridgehead atoms. The van der Waals surface area contributed by atoms with Gasteiger partial charge in [-0.05, 0) is 25.0 Å². The first kappa shape index (κ1) is 17.0. The first-order chi connectivity index (χ1) is 12.6. The Morgan fingerprint density at radius 2 is 2.31 bits per heavy atom. The van der Waals surface area contributed by atoms with E-state index < -0.39 is 17.8 Å². The second-order valence-electron chi connectivity index (χ2n) is 6.72. The van der Waals surface area contributed by atoms with Crippen molar-refractivity contribution in [1.82, 2.24) is 14.9 Å². The molecule has 2 fully saturated rings. The quantitative estimate of drug-likeness (QED) is 0.887. The van der Waals surface area contributed by atoms with Gasteiger partial charge in [-0.1, -0.05) is 0 Å². The number of hydrogen-bond donors (Lipinski definition) is 1. The van der Waals surface area contributed by atoms with Crippen LogP contribution >= 0.6 is 0 Å². The molecular formula is C18H21N3O5. The van der Waals surface area contributed by atoms with Crippen LogP contribution in [0.25, 0.3) is 11.0 Å². The average Bonchev–Trinajstić information content (AvgIpc) is 2.95. The highest BCUT2D eigenvalue weighted by Gasteiger charge is 2.46. The number of nitrogens with zero attached hydrogens (tertiary/aromatic N) is 3. The molecule has 2 aromatic heterocycles. The molecule has 1 N–H and O–H groups in total. The van der Waals surface area contributed by atoms with Gasteiger partial charge in [-0.2, -0.15) is 0 Å². The molecular weight excluding hydrogens is 338 g/mol. The Morgan fingerprint density at radius 1 is 1.42 bits per heavy atom. The maximum absolute atomic E-state index is 12.3. The molecule has 2 aliphatic rings. The highest BCUT2D eigenvalue weighted by atomic mass is 16.6. The number of rotatable bonds is 4. The molecule has 8 nitrogen and oxygen atoms in total. The van der Waals surface area contributed by atoms with E-state index in [0.717, 1.165) is 12.8 Å². The topological polar surface area (TPSA) is 94.0 Å². The maximum atomic E-state index is 12.3. The lowest BCUT2D eigenvalue weighted by molar-refractivity contribution is -0.0652. The van der Waals surface area contributed by atoms with E-state index in [1.165, 1.54) is 12.0 Å². The summed E-state index contributed by atoms with van der Waals surface area (Å²) in [5.41, 5.74) is 1.23. The number of fused-ring (bicyclic) bond motifs is 1. The van der Waals surface area contributed by atoms with Crippen LogP contribution in [-0.4, -0.2) is 65.1 Å². The van der Waals surface area contributed by atoms with Crippen molar-refractivity contribution in [2.45, 2.75) is 24.5 Å². The standard InChI is InChI=1S/C18H21N3O5/c1-24-15-4-3-13-16(20-15)12(5-7-19-13)14(22)9-21-10-18(26-17(21)23)6-2-8-25-11-18/h3-5,7,14,22H,2,6,8-11H2,1H3/t14-,18?/m1/s1. The number of methoxy groups -OCH3 is 1. The number of ether oxygens (including phenoxy) is 3. The Balaban J connectivity index is 1.56. The molecule has 26 heavy (non-hydrogen) atoms. The van der Waals surface area contributed by atoms with Crippen LogP contribution in [0.4, 0.5) is 4.79 Å². The van der Waals surface area contributed by atoms with Gasteiger partial charge < -0.3 is 24.2 Å². The Morgan fingerprint density at radius 3 is 3.08 bits per heavy atom. The zero-order chi connectivity index (χ0) is 18.1. The maximum Gasteiger partial charge on any atom is 0.410 e. The number of hydrogen-bond acceptors (Lipinski definition) is 7. The first-order valence-electron chi connectivity index (χ1n) is 8.64. The summed E-state index contributed by atoms with van der Waals surface area (Å²) in [5.74, 6) is 0.442. The van der Waals surface area contributed by atoms with E-state index in [2.05, 4.69) is 9.97 Å². The molecule has 2 aromatic rings. The molecule has 8 heteroatoms. The summed E-state index contributed by atoms with van der Waals surface area (Å²) in [6.45, 7) is 1.64. The number of β-amino-alcohol motifs (C(OH)–C–C–N with tert-alkyl or cyclic N) is 1. The molecule has 2 aliphatic heterocycles. The van der Waals surface area contributed by atoms with Gasteiger partial charge in [-0.25, -0.2) is 9.78 Å². The minimum Gasteiger partial charge on any atom is -0.481 e. The SMILES string of the molecule is COc1ccc2nccc([C@H](O)CN3CC4(CCCOC4)OC3=O)c2n1. The number of aliphatic hydroxyl groups excluding tert-OH is 1. The smallest absolute Gasteiger partial charge is 0.410 e. The Kier molecular flexibility index (Phi) is 4.37. The van der Waals surface area contributed by atoms with Crippen molar-refractivity contribution in [2.24, 2.45) is 0 Å². The van der Waals surface area contributed by atoms with Gasteiger partial charge in [0.15, 0.2) is 5.60 Å².